The van der Waals surface area contributed by atoms with Crippen LogP contribution in [0.1, 0.15) is 62.9 Å². The Bertz CT molecular complexity index is 1430. The van der Waals surface area contributed by atoms with Gasteiger partial charge in [0.2, 0.25) is 5.95 Å². The van der Waals surface area contributed by atoms with Crippen molar-refractivity contribution in [3.05, 3.63) is 59.4 Å². The fraction of sp³-hybridized carbons (Fsp3) is 0.531. The number of hydrogen-bond acceptors (Lipinski definition) is 9. The Balaban J connectivity index is 1.24. The Morgan fingerprint density at radius 3 is 2.71 bits per heavy atom. The maximum atomic E-state index is 6.39. The smallest absolute Gasteiger partial charge is 0.229 e. The second-order valence-corrected chi connectivity index (χ2v) is 12.8. The largest absolute Gasteiger partial charge is 0.378 e. The number of rotatable bonds is 5. The Morgan fingerprint density at radius 2 is 1.93 bits per heavy atom. The van der Waals surface area contributed by atoms with E-state index in [4.69, 9.17) is 24.4 Å². The lowest BCUT2D eigenvalue weighted by Gasteiger charge is -2.46. The minimum Gasteiger partial charge on any atom is -0.378 e. The van der Waals surface area contributed by atoms with Gasteiger partial charge in [-0.15, -0.1) is 0 Å². The molecule has 6 heterocycles. The van der Waals surface area contributed by atoms with Crippen LogP contribution in [0.4, 0.5) is 29.0 Å². The number of nitrogens with one attached hydrogen (secondary N) is 2. The third kappa shape index (κ3) is 4.83. The van der Waals surface area contributed by atoms with Crippen LogP contribution in [0.2, 0.25) is 0 Å². The Kier molecular flexibility index (Phi) is 6.64. The molecule has 216 valence electrons. The molecule has 41 heavy (non-hydrogen) atoms. The first-order valence-corrected chi connectivity index (χ1v) is 15.0. The fourth-order valence-corrected chi connectivity index (χ4v) is 6.99. The van der Waals surface area contributed by atoms with Gasteiger partial charge in [0.15, 0.2) is 0 Å². The van der Waals surface area contributed by atoms with Crippen molar-refractivity contribution < 1.29 is 9.47 Å². The van der Waals surface area contributed by atoms with Crippen LogP contribution in [0.25, 0.3) is 0 Å². The van der Waals surface area contributed by atoms with E-state index < -0.39 is 0 Å². The summed E-state index contributed by atoms with van der Waals surface area (Å²) in [5.41, 5.74) is 5.20. The van der Waals surface area contributed by atoms with Gasteiger partial charge in [-0.1, -0.05) is 13.0 Å². The summed E-state index contributed by atoms with van der Waals surface area (Å²) in [7, 11) is 0. The van der Waals surface area contributed by atoms with Crippen LogP contribution in [-0.4, -0.2) is 66.0 Å². The van der Waals surface area contributed by atoms with E-state index in [-0.39, 0.29) is 17.1 Å². The molecule has 7 rings (SSSR count). The number of anilines is 5. The zero-order valence-corrected chi connectivity index (χ0v) is 24.6. The Hall–Kier alpha value is -3.27. The van der Waals surface area contributed by atoms with Crippen molar-refractivity contribution in [2.75, 3.05) is 54.6 Å². The average molecular weight is 556 g/mol. The molecule has 1 aromatic carbocycles. The van der Waals surface area contributed by atoms with E-state index >= 15 is 0 Å². The number of pyridine rings is 1. The molecule has 0 unspecified atom stereocenters. The third-order valence-corrected chi connectivity index (χ3v) is 9.33. The van der Waals surface area contributed by atoms with E-state index in [1.165, 1.54) is 17.7 Å². The highest BCUT2D eigenvalue weighted by molar-refractivity contribution is 5.71. The van der Waals surface area contributed by atoms with Crippen LogP contribution in [0.3, 0.4) is 0 Å². The number of aromatic nitrogens is 3. The molecular weight excluding hydrogens is 514 g/mol. The zero-order chi connectivity index (χ0) is 28.2. The summed E-state index contributed by atoms with van der Waals surface area (Å²) in [4.78, 5) is 19.9. The van der Waals surface area contributed by atoms with Gasteiger partial charge in [0.1, 0.15) is 11.6 Å². The number of morpholine rings is 1. The maximum absolute atomic E-state index is 6.39. The average Bonchev–Trinajstić information content (AvgIpc) is 3.59. The van der Waals surface area contributed by atoms with Crippen molar-refractivity contribution in [1.29, 1.82) is 0 Å². The van der Waals surface area contributed by atoms with Crippen LogP contribution in [0.15, 0.2) is 42.6 Å². The second-order valence-electron chi connectivity index (χ2n) is 12.8. The molecule has 0 bridgehead atoms. The number of aryl methyl sites for hydroxylation is 1. The molecule has 3 aromatic rings. The normalized spacial score (nSPS) is 27.0. The molecule has 3 saturated heterocycles. The highest BCUT2D eigenvalue weighted by Gasteiger charge is 2.55. The van der Waals surface area contributed by atoms with E-state index in [2.05, 4.69) is 84.5 Å². The van der Waals surface area contributed by atoms with Gasteiger partial charge in [-0.2, -0.15) is 4.98 Å². The lowest BCUT2D eigenvalue weighted by molar-refractivity contribution is -0.0893. The fourth-order valence-electron chi connectivity index (χ4n) is 6.99. The summed E-state index contributed by atoms with van der Waals surface area (Å²) in [6.45, 7) is 13.9. The molecule has 0 saturated carbocycles. The van der Waals surface area contributed by atoms with Gasteiger partial charge in [-0.3, -0.25) is 0 Å². The first kappa shape index (κ1) is 26.6. The summed E-state index contributed by atoms with van der Waals surface area (Å²) in [5.74, 6) is 2.45. The highest BCUT2D eigenvalue weighted by atomic mass is 16.5. The monoisotopic (exact) mass is 555 g/mol. The molecule has 0 radical (unpaired) electrons. The van der Waals surface area contributed by atoms with Gasteiger partial charge in [0.05, 0.1) is 37.2 Å². The molecule has 9 nitrogen and oxygen atoms in total. The minimum atomic E-state index is -0.233. The predicted octanol–water partition coefficient (Wildman–Crippen LogP) is 5.16. The van der Waals surface area contributed by atoms with Crippen LogP contribution >= 0.6 is 0 Å². The Labute approximate surface area is 242 Å². The van der Waals surface area contributed by atoms with Gasteiger partial charge in [0.25, 0.3) is 0 Å². The quantitative estimate of drug-likeness (QED) is 0.443. The van der Waals surface area contributed by atoms with Gasteiger partial charge in [0, 0.05) is 47.7 Å². The molecule has 2 N–H and O–H groups in total. The zero-order valence-electron chi connectivity index (χ0n) is 24.6. The topological polar surface area (TPSA) is 87.7 Å². The molecular formula is C32H41N7O2. The molecule has 4 aliphatic rings. The number of hydrogen-bond donors (Lipinski definition) is 2. The molecule has 0 spiro atoms. The molecule has 3 atom stereocenters. The van der Waals surface area contributed by atoms with Crippen molar-refractivity contribution >= 4 is 29.0 Å². The van der Waals surface area contributed by atoms with Gasteiger partial charge in [-0.25, -0.2) is 9.97 Å². The SMILES string of the molecule is Cc1cc(Nc2ncc3c(n2)N(c2cccc([C@H]4CCCN4)n2)[C@H]2CC(C)(C)OC[C@@]32C)ccc1N1CCOCC1. The molecule has 0 aliphatic carbocycles. The highest BCUT2D eigenvalue weighted by Crippen LogP contribution is 2.53. The summed E-state index contributed by atoms with van der Waals surface area (Å²) in [6, 6.07) is 13.4. The van der Waals surface area contributed by atoms with Crippen molar-refractivity contribution in [3.63, 3.8) is 0 Å². The van der Waals surface area contributed by atoms with E-state index in [0.29, 0.717) is 18.6 Å². The van der Waals surface area contributed by atoms with Crippen LogP contribution < -0.4 is 20.4 Å². The number of fused-ring (bicyclic) bond motifs is 3. The Morgan fingerprint density at radius 1 is 1.07 bits per heavy atom. The van der Waals surface area contributed by atoms with E-state index in [1.807, 2.05) is 6.20 Å². The molecule has 9 heteroatoms. The third-order valence-electron chi connectivity index (χ3n) is 9.33. The minimum absolute atomic E-state index is 0.167. The second kappa shape index (κ2) is 10.2. The maximum Gasteiger partial charge on any atom is 0.229 e. The standard InChI is InChI=1S/C32H41N7O2/c1-21-17-22(10-11-26(21)38-13-15-40-16-14-38)35-30-34-19-23-29(37-30)39(27-18-31(2,3)41-20-32(23,27)4)28-9-5-7-25(36-28)24-8-6-12-33-24/h5,7,9-11,17,19,24,27,33H,6,8,12-16,18,20H2,1-4H3,(H,34,35,37)/t24-,27+,32+/m1/s1. The molecule has 3 fully saturated rings. The summed E-state index contributed by atoms with van der Waals surface area (Å²) in [5, 5.41) is 7.10. The van der Waals surface area contributed by atoms with Crippen LogP contribution in [0.5, 0.6) is 0 Å². The van der Waals surface area contributed by atoms with Gasteiger partial charge >= 0.3 is 0 Å². The summed E-state index contributed by atoms with van der Waals surface area (Å²) >= 11 is 0. The lowest BCUT2D eigenvalue weighted by Crippen LogP contribution is -2.54. The molecule has 2 aromatic heterocycles. The summed E-state index contributed by atoms with van der Waals surface area (Å²) < 4.78 is 11.9. The lowest BCUT2D eigenvalue weighted by atomic mass is 9.73. The number of benzene rings is 1. The number of ether oxygens (including phenoxy) is 2. The van der Waals surface area contributed by atoms with Crippen molar-refractivity contribution in [2.24, 2.45) is 0 Å². The number of nitrogens with zero attached hydrogens (tertiary/aromatic N) is 5. The van der Waals surface area contributed by atoms with E-state index in [9.17, 15) is 0 Å². The predicted molar refractivity (Wildman–Crippen MR) is 162 cm³/mol. The van der Waals surface area contributed by atoms with E-state index in [0.717, 1.165) is 74.3 Å². The van der Waals surface area contributed by atoms with Crippen molar-refractivity contribution in [2.45, 2.75) is 70.1 Å². The first-order valence-electron chi connectivity index (χ1n) is 15.0. The first-order chi connectivity index (χ1) is 19.8. The molecule has 0 amide bonds. The molecule has 4 aliphatic heterocycles. The van der Waals surface area contributed by atoms with Crippen molar-refractivity contribution in [3.8, 4) is 0 Å². The summed E-state index contributed by atoms with van der Waals surface area (Å²) in [6.07, 6.45) is 5.18. The van der Waals surface area contributed by atoms with Crippen LogP contribution in [0, 0.1) is 6.92 Å². The van der Waals surface area contributed by atoms with Gasteiger partial charge in [-0.05, 0) is 82.5 Å². The van der Waals surface area contributed by atoms with Crippen LogP contribution in [-0.2, 0) is 14.9 Å². The van der Waals surface area contributed by atoms with E-state index in [1.54, 1.807) is 0 Å². The van der Waals surface area contributed by atoms with Crippen molar-refractivity contribution in [1.82, 2.24) is 20.3 Å². The van der Waals surface area contributed by atoms with Gasteiger partial charge < -0.3 is 29.9 Å².